The normalized spacial score (nSPS) is 10.8. The van der Waals surface area contributed by atoms with Crippen molar-refractivity contribution in [3.63, 3.8) is 0 Å². The van der Waals surface area contributed by atoms with Crippen LogP contribution in [0.25, 0.3) is 33.4 Å². The molecule has 0 saturated carbocycles. The summed E-state index contributed by atoms with van der Waals surface area (Å²) >= 11 is 0. The van der Waals surface area contributed by atoms with Crippen molar-refractivity contribution >= 4 is 11.4 Å². The second-order valence-electron chi connectivity index (χ2n) is 7.31. The van der Waals surface area contributed by atoms with Crippen LogP contribution in [0.5, 0.6) is 0 Å². The molecule has 0 spiro atoms. The maximum Gasteiger partial charge on any atom is 0.0420 e. The van der Waals surface area contributed by atoms with Gasteiger partial charge < -0.3 is 11.5 Å². The lowest BCUT2D eigenvalue weighted by atomic mass is 9.88. The highest BCUT2D eigenvalue weighted by atomic mass is 14.6. The van der Waals surface area contributed by atoms with E-state index in [1.165, 1.54) is 22.3 Å². The van der Waals surface area contributed by atoms with Gasteiger partial charge in [0.25, 0.3) is 0 Å². The lowest BCUT2D eigenvalue weighted by molar-refractivity contribution is 1.46. The molecule has 4 rings (SSSR count). The molecular formula is C26H24N2. The molecule has 0 aliphatic carbocycles. The highest BCUT2D eigenvalue weighted by molar-refractivity contribution is 5.97. The number of nitrogens with two attached hydrogens (primary N) is 2. The first kappa shape index (κ1) is 17.9. The summed E-state index contributed by atoms with van der Waals surface area (Å²) in [6.45, 7) is 4.19. The number of rotatable bonds is 3. The number of hydrogen-bond donors (Lipinski definition) is 2. The summed E-state index contributed by atoms with van der Waals surface area (Å²) in [5.74, 6) is 0. The molecule has 0 aliphatic rings. The zero-order valence-electron chi connectivity index (χ0n) is 16.2. The summed E-state index contributed by atoms with van der Waals surface area (Å²) in [7, 11) is 0. The molecule has 0 saturated heterocycles. The van der Waals surface area contributed by atoms with E-state index in [9.17, 15) is 0 Å². The topological polar surface area (TPSA) is 52.0 Å². The van der Waals surface area contributed by atoms with Crippen LogP contribution >= 0.6 is 0 Å². The average Bonchev–Trinajstić information content (AvgIpc) is 2.69. The van der Waals surface area contributed by atoms with Crippen LogP contribution in [0.4, 0.5) is 11.4 Å². The van der Waals surface area contributed by atoms with Gasteiger partial charge in [0.15, 0.2) is 0 Å². The van der Waals surface area contributed by atoms with Crippen LogP contribution in [0.1, 0.15) is 11.1 Å². The Morgan fingerprint density at radius 2 is 1.07 bits per heavy atom. The van der Waals surface area contributed by atoms with Crippen molar-refractivity contribution in [2.75, 3.05) is 11.5 Å². The first-order valence-corrected chi connectivity index (χ1v) is 9.45. The van der Waals surface area contributed by atoms with Crippen LogP contribution in [-0.2, 0) is 0 Å². The predicted molar refractivity (Wildman–Crippen MR) is 121 cm³/mol. The van der Waals surface area contributed by atoms with Crippen LogP contribution in [-0.4, -0.2) is 0 Å². The fourth-order valence-electron chi connectivity index (χ4n) is 3.65. The highest BCUT2D eigenvalue weighted by Crippen LogP contribution is 2.42. The van der Waals surface area contributed by atoms with Crippen molar-refractivity contribution in [1.82, 2.24) is 0 Å². The van der Waals surface area contributed by atoms with E-state index < -0.39 is 0 Å². The first-order chi connectivity index (χ1) is 13.5. The molecule has 2 heteroatoms. The van der Waals surface area contributed by atoms with Gasteiger partial charge in [-0.3, -0.25) is 0 Å². The molecule has 0 bridgehead atoms. The summed E-state index contributed by atoms with van der Waals surface area (Å²) in [4.78, 5) is 0. The van der Waals surface area contributed by atoms with Gasteiger partial charge >= 0.3 is 0 Å². The monoisotopic (exact) mass is 364 g/mol. The van der Waals surface area contributed by atoms with Crippen molar-refractivity contribution < 1.29 is 0 Å². The largest absolute Gasteiger partial charge is 0.399 e. The maximum atomic E-state index is 6.46. The summed E-state index contributed by atoms with van der Waals surface area (Å²) in [5.41, 5.74) is 23.1. The lowest BCUT2D eigenvalue weighted by Crippen LogP contribution is -1.98. The number of hydrogen-bond acceptors (Lipinski definition) is 2. The van der Waals surface area contributed by atoms with Gasteiger partial charge in [0.05, 0.1) is 0 Å². The molecule has 0 heterocycles. The molecule has 138 valence electrons. The van der Waals surface area contributed by atoms with Gasteiger partial charge in [-0.2, -0.15) is 0 Å². The molecule has 0 radical (unpaired) electrons. The molecular weight excluding hydrogens is 340 g/mol. The van der Waals surface area contributed by atoms with E-state index in [0.717, 1.165) is 22.3 Å². The highest BCUT2D eigenvalue weighted by Gasteiger charge is 2.15. The predicted octanol–water partition coefficient (Wildman–Crippen LogP) is 6.47. The smallest absolute Gasteiger partial charge is 0.0420 e. The molecule has 0 unspecified atom stereocenters. The minimum Gasteiger partial charge on any atom is -0.399 e. The molecule has 0 aliphatic heterocycles. The van der Waals surface area contributed by atoms with Crippen molar-refractivity contribution in [2.24, 2.45) is 0 Å². The maximum absolute atomic E-state index is 6.46. The van der Waals surface area contributed by atoms with Gasteiger partial charge in [0.2, 0.25) is 0 Å². The van der Waals surface area contributed by atoms with E-state index in [4.69, 9.17) is 11.5 Å². The van der Waals surface area contributed by atoms with Crippen molar-refractivity contribution in [3.05, 3.63) is 96.1 Å². The Labute approximate surface area is 166 Å². The molecule has 0 fully saturated rings. The molecule has 28 heavy (non-hydrogen) atoms. The molecule has 0 aromatic heterocycles. The van der Waals surface area contributed by atoms with E-state index in [0.29, 0.717) is 11.4 Å². The second kappa shape index (κ2) is 7.24. The number of anilines is 2. The first-order valence-electron chi connectivity index (χ1n) is 9.45. The van der Waals surface area contributed by atoms with Gasteiger partial charge in [0, 0.05) is 16.9 Å². The number of aryl methyl sites for hydroxylation is 2. The molecule has 4 aromatic rings. The second-order valence-corrected chi connectivity index (χ2v) is 7.31. The van der Waals surface area contributed by atoms with Crippen LogP contribution < -0.4 is 11.5 Å². The fraction of sp³-hybridized carbons (Fsp3) is 0.0769. The Hall–Kier alpha value is -3.52. The van der Waals surface area contributed by atoms with Crippen LogP contribution in [0.2, 0.25) is 0 Å². The van der Waals surface area contributed by atoms with E-state index in [2.05, 4.69) is 86.6 Å². The average molecular weight is 364 g/mol. The van der Waals surface area contributed by atoms with Crippen molar-refractivity contribution in [2.45, 2.75) is 13.8 Å². The van der Waals surface area contributed by atoms with E-state index in [1.807, 2.05) is 12.1 Å². The Bertz CT molecular complexity index is 1120. The Morgan fingerprint density at radius 3 is 1.68 bits per heavy atom. The minimum absolute atomic E-state index is 0.669. The van der Waals surface area contributed by atoms with Crippen molar-refractivity contribution in [3.8, 4) is 33.4 Å². The van der Waals surface area contributed by atoms with E-state index in [1.54, 1.807) is 0 Å². The van der Waals surface area contributed by atoms with Crippen LogP contribution in [0, 0.1) is 13.8 Å². The van der Waals surface area contributed by atoms with Gasteiger partial charge in [-0.05, 0) is 53.8 Å². The molecule has 2 nitrogen and oxygen atoms in total. The van der Waals surface area contributed by atoms with Gasteiger partial charge in [-0.25, -0.2) is 0 Å². The lowest BCUT2D eigenvalue weighted by Gasteiger charge is -2.18. The fourth-order valence-corrected chi connectivity index (χ4v) is 3.65. The molecule has 4 aromatic carbocycles. The van der Waals surface area contributed by atoms with Crippen LogP contribution in [0.15, 0.2) is 84.9 Å². The van der Waals surface area contributed by atoms with E-state index >= 15 is 0 Å². The Balaban J connectivity index is 1.98. The number of nitrogen functional groups attached to an aromatic ring is 2. The molecule has 4 N–H and O–H groups in total. The minimum atomic E-state index is 0.669. The van der Waals surface area contributed by atoms with Gasteiger partial charge in [-0.1, -0.05) is 83.9 Å². The summed E-state index contributed by atoms with van der Waals surface area (Å²) in [6, 6.07) is 29.4. The Kier molecular flexibility index (Phi) is 4.62. The quantitative estimate of drug-likeness (QED) is 0.409. The third kappa shape index (κ3) is 3.37. The van der Waals surface area contributed by atoms with Gasteiger partial charge in [0.1, 0.15) is 0 Å². The summed E-state index contributed by atoms with van der Waals surface area (Å²) in [6.07, 6.45) is 0. The van der Waals surface area contributed by atoms with Gasteiger partial charge in [-0.15, -0.1) is 0 Å². The summed E-state index contributed by atoms with van der Waals surface area (Å²) < 4.78 is 0. The van der Waals surface area contributed by atoms with E-state index in [-0.39, 0.29) is 0 Å². The summed E-state index contributed by atoms with van der Waals surface area (Å²) in [5, 5.41) is 0. The van der Waals surface area contributed by atoms with Crippen LogP contribution in [0.3, 0.4) is 0 Å². The SMILES string of the molecule is Cc1ccc(-c2ccccc2-c2cc(N)cc(N)c2-c2ccc(C)cc2)cc1. The Morgan fingerprint density at radius 1 is 0.536 bits per heavy atom. The zero-order chi connectivity index (χ0) is 19.7. The molecule has 0 atom stereocenters. The van der Waals surface area contributed by atoms with Crippen molar-refractivity contribution in [1.29, 1.82) is 0 Å². The number of benzene rings is 4. The third-order valence-electron chi connectivity index (χ3n) is 5.11. The standard InChI is InChI=1S/C26H24N2/c1-17-7-11-19(12-8-17)22-5-3-4-6-23(22)24-15-21(27)16-25(28)26(24)20-13-9-18(2)10-14-20/h3-16H,27-28H2,1-2H3. The third-order valence-corrected chi connectivity index (χ3v) is 5.11. The molecule has 0 amide bonds. The zero-order valence-corrected chi connectivity index (χ0v) is 16.2.